The summed E-state index contributed by atoms with van der Waals surface area (Å²) in [4.78, 5) is 14.3. The van der Waals surface area contributed by atoms with E-state index >= 15 is 0 Å². The normalized spacial score (nSPS) is 10.2. The number of hydrogen-bond acceptors (Lipinski definition) is 3. The van der Waals surface area contributed by atoms with Crippen molar-refractivity contribution in [2.24, 2.45) is 0 Å². The fourth-order valence-corrected chi connectivity index (χ4v) is 2.22. The molecule has 0 heterocycles. The summed E-state index contributed by atoms with van der Waals surface area (Å²) in [5, 5.41) is 0. The van der Waals surface area contributed by atoms with E-state index in [-0.39, 0.29) is 5.91 Å². The fraction of sp³-hybridized carbons (Fsp3) is 0.278. The van der Waals surface area contributed by atoms with Crippen LogP contribution in [0.1, 0.15) is 21.5 Å². The summed E-state index contributed by atoms with van der Waals surface area (Å²) in [6, 6.07) is 13.4. The van der Waals surface area contributed by atoms with Gasteiger partial charge in [-0.3, -0.25) is 4.79 Å². The molecule has 2 aromatic rings. The number of ether oxygens (including phenoxy) is 2. The average Bonchev–Trinajstić information content (AvgIpc) is 2.55. The van der Waals surface area contributed by atoms with Crippen LogP contribution in [0.2, 0.25) is 0 Å². The highest BCUT2D eigenvalue weighted by atomic mass is 16.5. The molecule has 0 fully saturated rings. The van der Waals surface area contributed by atoms with E-state index in [9.17, 15) is 4.79 Å². The largest absolute Gasteiger partial charge is 0.497 e. The van der Waals surface area contributed by atoms with Crippen molar-refractivity contribution in [2.75, 3.05) is 21.3 Å². The number of amides is 1. The van der Waals surface area contributed by atoms with Crippen LogP contribution in [0.5, 0.6) is 11.5 Å². The minimum absolute atomic E-state index is 0.0833. The molecular weight excluding hydrogens is 278 g/mol. The van der Waals surface area contributed by atoms with Gasteiger partial charge >= 0.3 is 0 Å². The lowest BCUT2D eigenvalue weighted by Crippen LogP contribution is -2.26. The van der Waals surface area contributed by atoms with Crippen molar-refractivity contribution in [3.63, 3.8) is 0 Å². The van der Waals surface area contributed by atoms with Crippen LogP contribution < -0.4 is 9.47 Å². The van der Waals surface area contributed by atoms with Crippen LogP contribution in [0.3, 0.4) is 0 Å². The maximum Gasteiger partial charge on any atom is 0.257 e. The summed E-state index contributed by atoms with van der Waals surface area (Å²) in [6.45, 7) is 2.59. The molecular formula is C18H21NO3. The first-order valence-electron chi connectivity index (χ1n) is 7.08. The van der Waals surface area contributed by atoms with Gasteiger partial charge in [0.25, 0.3) is 5.91 Å². The Morgan fingerprint density at radius 2 is 1.73 bits per heavy atom. The first kappa shape index (κ1) is 15.9. The summed E-state index contributed by atoms with van der Waals surface area (Å²) in [5.41, 5.74) is 2.82. The highest BCUT2D eigenvalue weighted by Crippen LogP contribution is 2.25. The van der Waals surface area contributed by atoms with Gasteiger partial charge in [-0.05, 0) is 24.6 Å². The zero-order valence-electron chi connectivity index (χ0n) is 13.4. The first-order valence-corrected chi connectivity index (χ1v) is 7.08. The zero-order valence-corrected chi connectivity index (χ0v) is 13.4. The van der Waals surface area contributed by atoms with Gasteiger partial charge in [-0.15, -0.1) is 0 Å². The van der Waals surface area contributed by atoms with E-state index in [0.717, 1.165) is 5.56 Å². The van der Waals surface area contributed by atoms with Gasteiger partial charge in [0.05, 0.1) is 19.8 Å². The Kier molecular flexibility index (Phi) is 5.04. The topological polar surface area (TPSA) is 38.8 Å². The van der Waals surface area contributed by atoms with E-state index < -0.39 is 0 Å². The molecule has 0 spiro atoms. The van der Waals surface area contributed by atoms with Gasteiger partial charge in [0.1, 0.15) is 11.5 Å². The molecule has 0 radical (unpaired) electrons. The van der Waals surface area contributed by atoms with E-state index in [0.29, 0.717) is 23.6 Å². The van der Waals surface area contributed by atoms with Crippen molar-refractivity contribution in [1.29, 1.82) is 0 Å². The van der Waals surface area contributed by atoms with E-state index in [1.807, 2.05) is 31.2 Å². The molecule has 116 valence electrons. The van der Waals surface area contributed by atoms with E-state index in [4.69, 9.17) is 9.47 Å². The van der Waals surface area contributed by atoms with Gasteiger partial charge < -0.3 is 14.4 Å². The van der Waals surface area contributed by atoms with Gasteiger partial charge in [-0.1, -0.05) is 29.8 Å². The van der Waals surface area contributed by atoms with Gasteiger partial charge in [0.15, 0.2) is 0 Å². The Balaban J connectivity index is 2.18. The molecule has 0 aliphatic rings. The predicted octanol–water partition coefficient (Wildman–Crippen LogP) is 3.28. The van der Waals surface area contributed by atoms with Gasteiger partial charge in [0.2, 0.25) is 0 Å². The molecule has 0 atom stereocenters. The zero-order chi connectivity index (χ0) is 16.1. The highest BCUT2D eigenvalue weighted by Gasteiger charge is 2.17. The summed E-state index contributed by atoms with van der Waals surface area (Å²) in [5.74, 6) is 1.09. The van der Waals surface area contributed by atoms with Crippen LogP contribution in [0.4, 0.5) is 0 Å². The summed E-state index contributed by atoms with van der Waals surface area (Å²) in [6.07, 6.45) is 0. The van der Waals surface area contributed by atoms with Crippen LogP contribution in [0.25, 0.3) is 0 Å². The number of methoxy groups -OCH3 is 2. The minimum Gasteiger partial charge on any atom is -0.497 e. The number of benzene rings is 2. The number of aryl methyl sites for hydroxylation is 1. The second-order valence-corrected chi connectivity index (χ2v) is 5.21. The molecule has 4 nitrogen and oxygen atoms in total. The van der Waals surface area contributed by atoms with Crippen LogP contribution in [-0.2, 0) is 6.54 Å². The van der Waals surface area contributed by atoms with Crippen molar-refractivity contribution in [1.82, 2.24) is 4.90 Å². The van der Waals surface area contributed by atoms with E-state index in [1.165, 1.54) is 5.56 Å². The lowest BCUT2D eigenvalue weighted by molar-refractivity contribution is 0.0781. The minimum atomic E-state index is -0.0833. The number of nitrogens with zero attached hydrogens (tertiary/aromatic N) is 1. The Labute approximate surface area is 131 Å². The quantitative estimate of drug-likeness (QED) is 0.850. The van der Waals surface area contributed by atoms with Crippen LogP contribution >= 0.6 is 0 Å². The van der Waals surface area contributed by atoms with Gasteiger partial charge in [-0.25, -0.2) is 0 Å². The second kappa shape index (κ2) is 6.98. The monoisotopic (exact) mass is 299 g/mol. The summed E-state index contributed by atoms with van der Waals surface area (Å²) in [7, 11) is 4.91. The van der Waals surface area contributed by atoms with Crippen molar-refractivity contribution in [2.45, 2.75) is 13.5 Å². The maximum atomic E-state index is 12.6. The number of rotatable bonds is 5. The lowest BCUT2D eigenvalue weighted by atomic mass is 10.1. The molecule has 22 heavy (non-hydrogen) atoms. The maximum absolute atomic E-state index is 12.6. The number of carbonyl (C=O) groups excluding carboxylic acids is 1. The third-order valence-electron chi connectivity index (χ3n) is 3.53. The molecule has 0 unspecified atom stereocenters. The molecule has 4 heteroatoms. The van der Waals surface area contributed by atoms with Crippen molar-refractivity contribution in [3.8, 4) is 11.5 Å². The molecule has 2 aromatic carbocycles. The second-order valence-electron chi connectivity index (χ2n) is 5.21. The third-order valence-corrected chi connectivity index (χ3v) is 3.53. The lowest BCUT2D eigenvalue weighted by Gasteiger charge is -2.19. The molecule has 0 bridgehead atoms. The van der Waals surface area contributed by atoms with Crippen molar-refractivity contribution >= 4 is 5.91 Å². The van der Waals surface area contributed by atoms with Crippen LogP contribution in [0.15, 0.2) is 42.5 Å². The standard InChI is InChI=1S/C18H21NO3/c1-13-5-7-14(8-6-13)12-19(2)18(20)16-10-9-15(21-3)11-17(16)22-4/h5-11H,12H2,1-4H3. The van der Waals surface area contributed by atoms with E-state index in [2.05, 4.69) is 0 Å². The summed E-state index contributed by atoms with van der Waals surface area (Å²) >= 11 is 0. The third kappa shape index (κ3) is 3.58. The Morgan fingerprint density at radius 1 is 1.05 bits per heavy atom. The first-order chi connectivity index (χ1) is 10.5. The van der Waals surface area contributed by atoms with Crippen LogP contribution in [-0.4, -0.2) is 32.1 Å². The molecule has 0 N–H and O–H groups in total. The van der Waals surface area contributed by atoms with E-state index in [1.54, 1.807) is 44.4 Å². The van der Waals surface area contributed by atoms with Crippen LogP contribution in [0, 0.1) is 6.92 Å². The molecule has 1 amide bonds. The van der Waals surface area contributed by atoms with Gasteiger partial charge in [-0.2, -0.15) is 0 Å². The number of hydrogen-bond donors (Lipinski definition) is 0. The van der Waals surface area contributed by atoms with Crippen molar-refractivity contribution in [3.05, 3.63) is 59.2 Å². The predicted molar refractivity (Wildman–Crippen MR) is 86.5 cm³/mol. The Bertz CT molecular complexity index is 650. The van der Waals surface area contributed by atoms with Crippen molar-refractivity contribution < 1.29 is 14.3 Å². The number of carbonyl (C=O) groups is 1. The fourth-order valence-electron chi connectivity index (χ4n) is 2.22. The molecule has 0 saturated heterocycles. The molecule has 0 aliphatic heterocycles. The average molecular weight is 299 g/mol. The highest BCUT2D eigenvalue weighted by molar-refractivity contribution is 5.97. The molecule has 0 aliphatic carbocycles. The molecule has 0 aromatic heterocycles. The smallest absolute Gasteiger partial charge is 0.257 e. The molecule has 0 saturated carbocycles. The Hall–Kier alpha value is -2.49. The SMILES string of the molecule is COc1ccc(C(=O)N(C)Cc2ccc(C)cc2)c(OC)c1. The van der Waals surface area contributed by atoms with Gasteiger partial charge in [0, 0.05) is 19.7 Å². The summed E-state index contributed by atoms with van der Waals surface area (Å²) < 4.78 is 10.5. The molecule has 2 rings (SSSR count). The Morgan fingerprint density at radius 3 is 2.32 bits per heavy atom.